The van der Waals surface area contributed by atoms with Gasteiger partial charge in [0, 0.05) is 73.0 Å². The molecule has 0 atom stereocenters. The third-order valence-electron chi connectivity index (χ3n) is 14.5. The molecule has 0 aliphatic carbocycles. The van der Waals surface area contributed by atoms with Crippen molar-refractivity contribution in [3.63, 3.8) is 0 Å². The summed E-state index contributed by atoms with van der Waals surface area (Å²) < 4.78 is 105. The lowest BCUT2D eigenvalue weighted by Crippen LogP contribution is -2.18. The largest absolute Gasteiger partial charge is 0.417 e. The molecule has 0 radical (unpaired) electrons. The molecule has 13 rings (SSSR count). The van der Waals surface area contributed by atoms with Crippen molar-refractivity contribution in [3.8, 4) is 33.6 Å². The first kappa shape index (κ1) is 44.5. The lowest BCUT2D eigenvalue weighted by Gasteiger charge is -2.33. The summed E-state index contributed by atoms with van der Waals surface area (Å²) in [7, 11) is 0. The molecule has 0 aliphatic rings. The number of alkyl halides is 6. The maximum atomic E-state index is 16.0. The summed E-state index contributed by atoms with van der Waals surface area (Å²) in [4.78, 5) is 0. The van der Waals surface area contributed by atoms with Crippen molar-refractivity contribution in [3.05, 3.63) is 192 Å². The van der Waals surface area contributed by atoms with E-state index in [9.17, 15) is 0 Å². The second kappa shape index (κ2) is 16.1. The van der Waals surface area contributed by atoms with Crippen LogP contribution < -0.4 is 0 Å². The number of hydrogen-bond donors (Lipinski definition) is 0. The maximum Gasteiger partial charge on any atom is 0.417 e. The average Bonchev–Trinajstić information content (AvgIpc) is 4.12. The quantitative estimate of drug-likeness (QED) is 0.147. The van der Waals surface area contributed by atoms with Crippen LogP contribution in [0.3, 0.4) is 0 Å². The SMILES string of the molecule is CC(C)c1c(-c2ccccc2C(F)(F)F)c(-n2c3ccccc3c3c4sc5ccccc5c4ccc32)c(-c2ccccc2C(F)(F)F)c(C(C)C)c1-n1c2ccccc2c2c3sc4ccccc4c3ccc21. The number of para-hydroxylation sites is 2. The van der Waals surface area contributed by atoms with Crippen molar-refractivity contribution in [1.82, 2.24) is 9.13 Å². The molecule has 9 aromatic carbocycles. The molecule has 0 saturated heterocycles. The van der Waals surface area contributed by atoms with E-state index in [1.54, 1.807) is 34.8 Å². The Bertz CT molecular complexity index is 4300. The van der Waals surface area contributed by atoms with E-state index >= 15 is 26.3 Å². The summed E-state index contributed by atoms with van der Waals surface area (Å²) in [5.74, 6) is -0.933. The fourth-order valence-corrected chi connectivity index (χ4v) is 14.3. The standard InChI is InChI=1S/C62H42F6N2S2/c1-33(2)51-55(39-19-5-11-23-43(39)61(63,64)65)58(70-46-26-14-8-22-42(46)54-48(70)32-30-38-36-18-10-16-28-50(36)72-60(38)54)56(40-20-6-12-24-44(40)62(66,67)68)52(34(3)4)57(51)69-45-25-13-7-21-41(45)53-47(69)31-29-37-35-17-9-15-27-49(35)71-59(37)53/h5-34H,1-4H3. The second-order valence-corrected chi connectivity index (χ2v) is 21.3. The van der Waals surface area contributed by atoms with Crippen molar-refractivity contribution in [1.29, 1.82) is 0 Å². The summed E-state index contributed by atoms with van der Waals surface area (Å²) in [6.45, 7) is 7.95. The fraction of sp³-hybridized carbons (Fsp3) is 0.129. The topological polar surface area (TPSA) is 9.86 Å². The molecule has 0 amide bonds. The Balaban J connectivity index is 1.34. The molecule has 0 saturated carbocycles. The second-order valence-electron chi connectivity index (χ2n) is 19.2. The van der Waals surface area contributed by atoms with Gasteiger partial charge in [-0.2, -0.15) is 26.3 Å². The normalized spacial score (nSPS) is 12.8. The lowest BCUT2D eigenvalue weighted by molar-refractivity contribution is -0.137. The molecule has 72 heavy (non-hydrogen) atoms. The molecule has 354 valence electrons. The van der Waals surface area contributed by atoms with Gasteiger partial charge in [-0.05, 0) is 82.6 Å². The van der Waals surface area contributed by atoms with Crippen LogP contribution in [0.1, 0.15) is 61.8 Å². The van der Waals surface area contributed by atoms with Gasteiger partial charge in [0.2, 0.25) is 0 Å². The Morgan fingerprint density at radius 1 is 0.361 bits per heavy atom. The molecule has 2 nitrogen and oxygen atoms in total. The van der Waals surface area contributed by atoms with Crippen LogP contribution in [0.4, 0.5) is 26.3 Å². The van der Waals surface area contributed by atoms with Crippen molar-refractivity contribution in [2.75, 3.05) is 0 Å². The molecule has 0 aliphatic heterocycles. The van der Waals surface area contributed by atoms with E-state index in [2.05, 4.69) is 47.0 Å². The first-order valence-corrected chi connectivity index (χ1v) is 25.6. The van der Waals surface area contributed by atoms with E-state index in [1.807, 2.05) is 111 Å². The molecule has 0 spiro atoms. The zero-order valence-electron chi connectivity index (χ0n) is 39.3. The predicted molar refractivity (Wildman–Crippen MR) is 290 cm³/mol. The van der Waals surface area contributed by atoms with Crippen LogP contribution in [0.2, 0.25) is 0 Å². The van der Waals surface area contributed by atoms with Gasteiger partial charge in [-0.3, -0.25) is 0 Å². The van der Waals surface area contributed by atoms with Gasteiger partial charge in [0.1, 0.15) is 0 Å². The molecular formula is C62H42F6N2S2. The Kier molecular flexibility index (Phi) is 9.93. The van der Waals surface area contributed by atoms with Gasteiger partial charge in [-0.25, -0.2) is 0 Å². The summed E-state index contributed by atoms with van der Waals surface area (Å²) in [5, 5.41) is 7.91. The number of hydrogen-bond acceptors (Lipinski definition) is 2. The summed E-state index contributed by atoms with van der Waals surface area (Å²) in [6, 6.07) is 51.6. The number of benzene rings is 9. The monoisotopic (exact) mass is 992 g/mol. The van der Waals surface area contributed by atoms with E-state index in [0.717, 1.165) is 85.1 Å². The van der Waals surface area contributed by atoms with Crippen LogP contribution in [-0.2, 0) is 12.4 Å². The number of rotatable bonds is 6. The van der Waals surface area contributed by atoms with Crippen LogP contribution in [-0.4, -0.2) is 9.13 Å². The van der Waals surface area contributed by atoms with Crippen molar-refractivity contribution >= 4 is 107 Å². The number of fused-ring (bicyclic) bond motifs is 14. The van der Waals surface area contributed by atoms with Crippen LogP contribution in [0.15, 0.2) is 170 Å². The van der Waals surface area contributed by atoms with E-state index in [0.29, 0.717) is 27.8 Å². The molecule has 4 aromatic heterocycles. The molecule has 0 bridgehead atoms. The van der Waals surface area contributed by atoms with Gasteiger partial charge in [0.05, 0.1) is 44.6 Å². The summed E-state index contributed by atoms with van der Waals surface area (Å²) >= 11 is 3.32. The molecule has 4 heterocycles. The third kappa shape index (κ3) is 6.40. The summed E-state index contributed by atoms with van der Waals surface area (Å²) in [5.41, 5.74) is 3.39. The van der Waals surface area contributed by atoms with Crippen LogP contribution in [0.5, 0.6) is 0 Å². The van der Waals surface area contributed by atoms with E-state index in [-0.39, 0.29) is 27.9 Å². The van der Waals surface area contributed by atoms with Crippen LogP contribution >= 0.6 is 22.7 Å². The molecule has 13 aromatic rings. The summed E-state index contributed by atoms with van der Waals surface area (Å²) in [6.07, 6.45) is -9.68. The average molecular weight is 993 g/mol. The zero-order valence-corrected chi connectivity index (χ0v) is 40.9. The zero-order chi connectivity index (χ0) is 49.5. The van der Waals surface area contributed by atoms with Crippen molar-refractivity contribution in [2.24, 2.45) is 0 Å². The van der Waals surface area contributed by atoms with Crippen LogP contribution in [0, 0.1) is 0 Å². The first-order valence-electron chi connectivity index (χ1n) is 24.0. The number of halogens is 6. The van der Waals surface area contributed by atoms with Gasteiger partial charge >= 0.3 is 12.4 Å². The van der Waals surface area contributed by atoms with E-state index in [1.165, 1.54) is 24.3 Å². The third-order valence-corrected chi connectivity index (χ3v) is 16.9. The van der Waals surface area contributed by atoms with Crippen LogP contribution in [0.25, 0.3) is 118 Å². The maximum absolute atomic E-state index is 16.0. The minimum absolute atomic E-state index is 0.118. The van der Waals surface area contributed by atoms with Gasteiger partial charge in [0.15, 0.2) is 0 Å². The molecule has 0 N–H and O–H groups in total. The molecule has 10 heteroatoms. The van der Waals surface area contributed by atoms with Gasteiger partial charge in [-0.15, -0.1) is 22.7 Å². The van der Waals surface area contributed by atoms with Crippen molar-refractivity contribution in [2.45, 2.75) is 51.9 Å². The van der Waals surface area contributed by atoms with Gasteiger partial charge in [0.25, 0.3) is 0 Å². The Labute approximate surface area is 417 Å². The van der Waals surface area contributed by atoms with E-state index < -0.39 is 35.3 Å². The van der Waals surface area contributed by atoms with Gasteiger partial charge < -0.3 is 9.13 Å². The van der Waals surface area contributed by atoms with Crippen molar-refractivity contribution < 1.29 is 26.3 Å². The minimum Gasteiger partial charge on any atom is -0.309 e. The predicted octanol–water partition coefficient (Wildman–Crippen LogP) is 20.2. The number of nitrogens with zero attached hydrogens (tertiary/aromatic N) is 2. The Morgan fingerprint density at radius 3 is 1.14 bits per heavy atom. The fourth-order valence-electron chi connectivity index (χ4n) is 11.7. The highest BCUT2D eigenvalue weighted by Gasteiger charge is 2.41. The molecule has 0 fully saturated rings. The van der Waals surface area contributed by atoms with E-state index in [4.69, 9.17) is 0 Å². The smallest absolute Gasteiger partial charge is 0.309 e. The van der Waals surface area contributed by atoms with Gasteiger partial charge in [-0.1, -0.05) is 149 Å². The molecule has 0 unspecified atom stereocenters. The highest BCUT2D eigenvalue weighted by atomic mass is 32.1. The number of aromatic nitrogens is 2. The molecular weight excluding hydrogens is 951 g/mol. The Morgan fingerprint density at radius 2 is 0.722 bits per heavy atom. The highest BCUT2D eigenvalue weighted by molar-refractivity contribution is 7.27. The highest BCUT2D eigenvalue weighted by Crippen LogP contribution is 2.57. The lowest BCUT2D eigenvalue weighted by atomic mass is 9.77. The first-order chi connectivity index (χ1) is 34.7. The Hall–Kier alpha value is -7.40. The minimum atomic E-state index is -4.84. The number of thiophene rings is 2.